The van der Waals surface area contributed by atoms with Crippen LogP contribution in [0.1, 0.15) is 35.5 Å². The summed E-state index contributed by atoms with van der Waals surface area (Å²) in [5.74, 6) is 1.77. The lowest BCUT2D eigenvalue weighted by molar-refractivity contribution is 0.869. The second kappa shape index (κ2) is 6.08. The molecule has 2 aromatic rings. The van der Waals surface area contributed by atoms with Crippen LogP contribution in [0.5, 0.6) is 0 Å². The van der Waals surface area contributed by atoms with Gasteiger partial charge in [-0.15, -0.1) is 11.3 Å². The summed E-state index contributed by atoms with van der Waals surface area (Å²) in [7, 11) is 0. The van der Waals surface area contributed by atoms with Crippen LogP contribution < -0.4 is 10.2 Å². The third kappa shape index (κ3) is 2.73. The number of likely N-dealkylation sites (N-methyl/N-ethyl adjacent to an activating group) is 1. The van der Waals surface area contributed by atoms with Gasteiger partial charge in [-0.3, -0.25) is 0 Å². The Morgan fingerprint density at radius 3 is 2.73 bits per heavy atom. The molecule has 0 radical (unpaired) electrons. The normalized spacial score (nSPS) is 13.8. The molecule has 0 aromatic carbocycles. The Kier molecular flexibility index (Phi) is 4.16. The van der Waals surface area contributed by atoms with Gasteiger partial charge < -0.3 is 10.2 Å². The van der Waals surface area contributed by atoms with Crippen molar-refractivity contribution in [2.24, 2.45) is 0 Å². The van der Waals surface area contributed by atoms with Gasteiger partial charge in [0.05, 0.1) is 5.69 Å². The molecular formula is C17H22N4S. The van der Waals surface area contributed by atoms with Crippen molar-refractivity contribution in [1.29, 1.82) is 0 Å². The number of nitrogens with zero attached hydrogens (tertiary/aromatic N) is 3. The SMILES string of the molecule is CCNc1nc(C)c2c(n1)N(CC)CC(c1cc(C)cs1)=C2. The van der Waals surface area contributed by atoms with Crippen LogP contribution in [0, 0.1) is 13.8 Å². The molecule has 0 saturated carbocycles. The molecular weight excluding hydrogens is 292 g/mol. The molecule has 1 aliphatic rings. The van der Waals surface area contributed by atoms with E-state index < -0.39 is 0 Å². The molecule has 116 valence electrons. The molecule has 3 rings (SSSR count). The van der Waals surface area contributed by atoms with Crippen LogP contribution in [0.15, 0.2) is 11.4 Å². The first-order valence-electron chi connectivity index (χ1n) is 7.76. The fraction of sp³-hybridized carbons (Fsp3) is 0.412. The number of thiophene rings is 1. The number of aromatic nitrogens is 2. The summed E-state index contributed by atoms with van der Waals surface area (Å²) in [5, 5.41) is 5.43. The maximum Gasteiger partial charge on any atom is 0.224 e. The highest BCUT2D eigenvalue weighted by atomic mass is 32.1. The second-order valence-corrected chi connectivity index (χ2v) is 6.48. The number of hydrogen-bond donors (Lipinski definition) is 1. The van der Waals surface area contributed by atoms with Gasteiger partial charge in [-0.1, -0.05) is 0 Å². The van der Waals surface area contributed by atoms with E-state index in [4.69, 9.17) is 4.98 Å². The molecule has 0 spiro atoms. The van der Waals surface area contributed by atoms with Crippen LogP contribution in [0.25, 0.3) is 11.6 Å². The van der Waals surface area contributed by atoms with E-state index in [-0.39, 0.29) is 0 Å². The molecule has 5 heteroatoms. The van der Waals surface area contributed by atoms with E-state index in [2.05, 4.69) is 60.4 Å². The molecule has 4 nitrogen and oxygen atoms in total. The fourth-order valence-electron chi connectivity index (χ4n) is 2.72. The number of aryl methyl sites for hydroxylation is 2. The van der Waals surface area contributed by atoms with Gasteiger partial charge in [0.15, 0.2) is 0 Å². The third-order valence-electron chi connectivity index (χ3n) is 3.86. The van der Waals surface area contributed by atoms with Crippen molar-refractivity contribution in [3.63, 3.8) is 0 Å². The Balaban J connectivity index is 2.08. The minimum Gasteiger partial charge on any atom is -0.354 e. The lowest BCUT2D eigenvalue weighted by Crippen LogP contribution is -2.29. The number of hydrogen-bond acceptors (Lipinski definition) is 5. The van der Waals surface area contributed by atoms with Crippen molar-refractivity contribution < 1.29 is 0 Å². The molecule has 3 heterocycles. The van der Waals surface area contributed by atoms with Crippen LogP contribution in [0.4, 0.5) is 11.8 Å². The summed E-state index contributed by atoms with van der Waals surface area (Å²) in [6.07, 6.45) is 2.26. The van der Waals surface area contributed by atoms with E-state index >= 15 is 0 Å². The third-order valence-corrected chi connectivity index (χ3v) is 4.98. The van der Waals surface area contributed by atoms with Crippen LogP contribution >= 0.6 is 11.3 Å². The monoisotopic (exact) mass is 314 g/mol. The fourth-order valence-corrected chi connectivity index (χ4v) is 3.63. The molecule has 0 fully saturated rings. The Morgan fingerprint density at radius 1 is 1.27 bits per heavy atom. The zero-order valence-electron chi connectivity index (χ0n) is 13.6. The lowest BCUT2D eigenvalue weighted by Gasteiger charge is -2.30. The van der Waals surface area contributed by atoms with Gasteiger partial charge in [0, 0.05) is 30.1 Å². The van der Waals surface area contributed by atoms with Gasteiger partial charge >= 0.3 is 0 Å². The largest absolute Gasteiger partial charge is 0.354 e. The van der Waals surface area contributed by atoms with E-state index in [0.717, 1.165) is 42.7 Å². The predicted molar refractivity (Wildman–Crippen MR) is 95.7 cm³/mol. The molecule has 0 bridgehead atoms. The first-order chi connectivity index (χ1) is 10.6. The summed E-state index contributed by atoms with van der Waals surface area (Å²) in [5.41, 5.74) is 4.86. The van der Waals surface area contributed by atoms with Crippen molar-refractivity contribution in [3.05, 3.63) is 33.1 Å². The van der Waals surface area contributed by atoms with Gasteiger partial charge in [0.25, 0.3) is 0 Å². The molecule has 22 heavy (non-hydrogen) atoms. The quantitative estimate of drug-likeness (QED) is 0.927. The van der Waals surface area contributed by atoms with Gasteiger partial charge in [-0.25, -0.2) is 4.98 Å². The van der Waals surface area contributed by atoms with Gasteiger partial charge in [-0.2, -0.15) is 4.98 Å². The molecule has 0 unspecified atom stereocenters. The van der Waals surface area contributed by atoms with Crippen molar-refractivity contribution >= 4 is 34.8 Å². The van der Waals surface area contributed by atoms with Gasteiger partial charge in [0.1, 0.15) is 5.82 Å². The molecule has 2 aromatic heterocycles. The smallest absolute Gasteiger partial charge is 0.224 e. The summed E-state index contributed by atoms with van der Waals surface area (Å²) in [4.78, 5) is 13.0. The Hall–Kier alpha value is -1.88. The Labute approximate surface area is 135 Å². The van der Waals surface area contributed by atoms with Crippen molar-refractivity contribution in [3.8, 4) is 0 Å². The topological polar surface area (TPSA) is 41.1 Å². The average molecular weight is 314 g/mol. The summed E-state index contributed by atoms with van der Waals surface area (Å²) in [6.45, 7) is 11.1. The number of nitrogens with one attached hydrogen (secondary N) is 1. The highest BCUT2D eigenvalue weighted by molar-refractivity contribution is 7.11. The van der Waals surface area contributed by atoms with Crippen molar-refractivity contribution in [2.75, 3.05) is 29.9 Å². The second-order valence-electron chi connectivity index (χ2n) is 5.57. The highest BCUT2D eigenvalue weighted by Crippen LogP contribution is 2.35. The van der Waals surface area contributed by atoms with E-state index in [1.165, 1.54) is 16.0 Å². The van der Waals surface area contributed by atoms with Crippen LogP contribution in [0.3, 0.4) is 0 Å². The van der Waals surface area contributed by atoms with Crippen molar-refractivity contribution in [1.82, 2.24) is 9.97 Å². The number of rotatable bonds is 4. The molecule has 1 N–H and O–H groups in total. The average Bonchev–Trinajstić information content (AvgIpc) is 2.93. The van der Waals surface area contributed by atoms with E-state index in [1.54, 1.807) is 0 Å². The van der Waals surface area contributed by atoms with Crippen LogP contribution in [-0.4, -0.2) is 29.6 Å². The van der Waals surface area contributed by atoms with E-state index in [1.807, 2.05) is 11.3 Å². The molecule has 0 atom stereocenters. The standard InChI is InChI=1S/C17H22N4S/c1-5-18-17-19-12(4)14-8-13(15-7-11(3)10-22-15)9-21(6-2)16(14)20-17/h7-8,10H,5-6,9H2,1-4H3,(H,18,19,20). The molecule has 1 aliphatic heterocycles. The number of fused-ring (bicyclic) bond motifs is 1. The van der Waals surface area contributed by atoms with Crippen LogP contribution in [-0.2, 0) is 0 Å². The summed E-state index contributed by atoms with van der Waals surface area (Å²) >= 11 is 1.81. The minimum atomic E-state index is 0.723. The van der Waals surface area contributed by atoms with Gasteiger partial charge in [-0.05, 0) is 56.4 Å². The zero-order chi connectivity index (χ0) is 15.7. The van der Waals surface area contributed by atoms with Gasteiger partial charge in [0.2, 0.25) is 5.95 Å². The molecule has 0 amide bonds. The predicted octanol–water partition coefficient (Wildman–Crippen LogP) is 3.97. The minimum absolute atomic E-state index is 0.723. The number of anilines is 2. The molecule has 0 aliphatic carbocycles. The summed E-state index contributed by atoms with van der Waals surface area (Å²) < 4.78 is 0. The first kappa shape index (κ1) is 15.0. The Bertz CT molecular complexity index is 717. The van der Waals surface area contributed by atoms with E-state index in [0.29, 0.717) is 0 Å². The lowest BCUT2D eigenvalue weighted by atomic mass is 10.0. The van der Waals surface area contributed by atoms with Crippen molar-refractivity contribution in [2.45, 2.75) is 27.7 Å². The maximum atomic E-state index is 4.71. The first-order valence-corrected chi connectivity index (χ1v) is 8.63. The molecule has 0 saturated heterocycles. The maximum absolute atomic E-state index is 4.71. The summed E-state index contributed by atoms with van der Waals surface area (Å²) in [6, 6.07) is 2.26. The van der Waals surface area contributed by atoms with E-state index in [9.17, 15) is 0 Å². The zero-order valence-corrected chi connectivity index (χ0v) is 14.4. The highest BCUT2D eigenvalue weighted by Gasteiger charge is 2.22. The van der Waals surface area contributed by atoms with Crippen LogP contribution in [0.2, 0.25) is 0 Å². The Morgan fingerprint density at radius 2 is 2.09 bits per heavy atom.